The fraction of sp³-hybridized carbons (Fsp3) is 0.444. The first kappa shape index (κ1) is 21.5. The molecule has 0 spiro atoms. The molecular formula is C27H29FN4O2. The zero-order valence-corrected chi connectivity index (χ0v) is 19.1. The highest BCUT2D eigenvalue weighted by Crippen LogP contribution is 2.47. The molecule has 2 saturated heterocycles. The van der Waals surface area contributed by atoms with Crippen molar-refractivity contribution < 1.29 is 14.0 Å². The summed E-state index contributed by atoms with van der Waals surface area (Å²) in [5.41, 5.74) is 7.93. The van der Waals surface area contributed by atoms with Crippen molar-refractivity contribution in [2.45, 2.75) is 44.3 Å². The molecule has 2 N–H and O–H groups in total. The van der Waals surface area contributed by atoms with Crippen molar-refractivity contribution in [3.05, 3.63) is 65.5 Å². The second-order valence-corrected chi connectivity index (χ2v) is 10.3. The molecule has 2 saturated carbocycles. The smallest absolute Gasteiger partial charge is 0.266 e. The van der Waals surface area contributed by atoms with E-state index in [9.17, 15) is 14.0 Å². The first-order chi connectivity index (χ1) is 16.5. The Hall–Kier alpha value is -3.06. The first-order valence-corrected chi connectivity index (χ1v) is 12.3. The number of anilines is 1. The molecule has 7 rings (SSSR count). The lowest BCUT2D eigenvalue weighted by Gasteiger charge is -2.39. The molecule has 34 heavy (non-hydrogen) atoms. The number of nitrogens with two attached hydrogens (primary N) is 1. The van der Waals surface area contributed by atoms with Crippen LogP contribution in [-0.4, -0.2) is 47.7 Å². The summed E-state index contributed by atoms with van der Waals surface area (Å²) >= 11 is 0. The van der Waals surface area contributed by atoms with Crippen LogP contribution in [0.2, 0.25) is 0 Å². The van der Waals surface area contributed by atoms with Gasteiger partial charge in [-0.05, 0) is 68.1 Å². The van der Waals surface area contributed by atoms with Gasteiger partial charge in [0.1, 0.15) is 12.4 Å². The van der Waals surface area contributed by atoms with Crippen molar-refractivity contribution in [3.8, 4) is 0 Å². The Bertz CT molecular complexity index is 1170. The van der Waals surface area contributed by atoms with Crippen LogP contribution in [0.4, 0.5) is 10.1 Å². The van der Waals surface area contributed by atoms with Gasteiger partial charge in [0.25, 0.3) is 5.91 Å². The minimum Gasteiger partial charge on any atom is -0.338 e. The highest BCUT2D eigenvalue weighted by atomic mass is 19.1. The van der Waals surface area contributed by atoms with Crippen LogP contribution in [0, 0.1) is 23.6 Å². The second-order valence-electron chi connectivity index (χ2n) is 10.3. The Kier molecular flexibility index (Phi) is 5.25. The van der Waals surface area contributed by atoms with Gasteiger partial charge in [-0.1, -0.05) is 30.3 Å². The first-order valence-electron chi connectivity index (χ1n) is 12.3. The van der Waals surface area contributed by atoms with Gasteiger partial charge < -0.3 is 10.6 Å². The largest absolute Gasteiger partial charge is 0.338 e. The van der Waals surface area contributed by atoms with E-state index in [1.165, 1.54) is 30.2 Å². The predicted molar refractivity (Wildman–Crippen MR) is 128 cm³/mol. The number of aliphatic imine (C=N–C) groups is 1. The lowest BCUT2D eigenvalue weighted by atomic mass is 9.68. The minimum absolute atomic E-state index is 0.0390. The molecule has 2 aliphatic carbocycles. The van der Waals surface area contributed by atoms with Crippen molar-refractivity contribution in [1.82, 2.24) is 4.90 Å². The quantitative estimate of drug-likeness (QED) is 0.763. The molecule has 5 aliphatic rings. The summed E-state index contributed by atoms with van der Waals surface area (Å²) in [4.78, 5) is 34.9. The van der Waals surface area contributed by atoms with Gasteiger partial charge in [0.15, 0.2) is 6.17 Å². The van der Waals surface area contributed by atoms with E-state index in [4.69, 9.17) is 5.73 Å². The van der Waals surface area contributed by atoms with Crippen LogP contribution in [0.1, 0.15) is 43.2 Å². The van der Waals surface area contributed by atoms with Crippen molar-refractivity contribution >= 4 is 23.2 Å². The molecular weight excluding hydrogens is 431 g/mol. The summed E-state index contributed by atoms with van der Waals surface area (Å²) in [6, 6.07) is 13.8. The summed E-state index contributed by atoms with van der Waals surface area (Å²) in [5.74, 6) is 1.09. The van der Waals surface area contributed by atoms with Crippen molar-refractivity contribution in [2.75, 3.05) is 18.0 Å². The number of fused-ring (bicyclic) bond motifs is 2. The summed E-state index contributed by atoms with van der Waals surface area (Å²) < 4.78 is 14.7. The molecule has 3 heterocycles. The second kappa shape index (κ2) is 8.31. The molecule has 0 radical (unpaired) electrons. The Morgan fingerprint density at radius 2 is 1.59 bits per heavy atom. The molecule has 2 aromatic carbocycles. The number of amides is 2. The van der Waals surface area contributed by atoms with Crippen LogP contribution < -0.4 is 10.6 Å². The van der Waals surface area contributed by atoms with Gasteiger partial charge >= 0.3 is 0 Å². The molecule has 4 bridgehead atoms. The monoisotopic (exact) mass is 460 g/mol. The number of nitrogens with zero attached hydrogens (tertiary/aromatic N) is 3. The Morgan fingerprint density at radius 3 is 2.32 bits per heavy atom. The van der Waals surface area contributed by atoms with Crippen molar-refractivity contribution in [2.24, 2.45) is 28.5 Å². The number of rotatable bonds is 3. The zero-order chi connectivity index (χ0) is 23.4. The number of benzodiazepines with no additional fused rings is 1. The highest BCUT2D eigenvalue weighted by Gasteiger charge is 2.44. The maximum absolute atomic E-state index is 14.7. The van der Waals surface area contributed by atoms with Gasteiger partial charge in [0.05, 0.1) is 11.4 Å². The average molecular weight is 461 g/mol. The van der Waals surface area contributed by atoms with Crippen molar-refractivity contribution in [3.63, 3.8) is 0 Å². The zero-order valence-electron chi connectivity index (χ0n) is 19.1. The van der Waals surface area contributed by atoms with Crippen LogP contribution in [-0.2, 0) is 9.59 Å². The molecule has 176 valence electrons. The average Bonchev–Trinajstić information content (AvgIpc) is 3.08. The summed E-state index contributed by atoms with van der Waals surface area (Å²) in [7, 11) is 0. The van der Waals surface area contributed by atoms with E-state index in [2.05, 4.69) is 4.99 Å². The SMILES string of the molecule is NC1N=C(c2ccccc2F)c2ccccc2N(CC(=O)N2CC3CC4CC(C3)CC2C4)C1=O. The lowest BCUT2D eigenvalue weighted by molar-refractivity contribution is -0.134. The topological polar surface area (TPSA) is 79.0 Å². The standard InChI is InChI=1S/C27H29FN4O2/c28-22-7-3-1-5-20(22)25-21-6-2-4-8-23(21)32(27(34)26(29)30-25)15-24(33)31-14-18-10-16-9-17(11-18)13-19(31)12-16/h1-8,16-19,26H,9-15,29H2. The highest BCUT2D eigenvalue weighted by molar-refractivity contribution is 6.20. The molecule has 0 aromatic heterocycles. The predicted octanol–water partition coefficient (Wildman–Crippen LogP) is 3.33. The van der Waals surface area contributed by atoms with Crippen LogP contribution in [0.5, 0.6) is 0 Å². The van der Waals surface area contributed by atoms with E-state index in [-0.39, 0.29) is 24.1 Å². The molecule has 3 atom stereocenters. The van der Waals surface area contributed by atoms with E-state index < -0.39 is 17.9 Å². The van der Waals surface area contributed by atoms with Crippen LogP contribution in [0.15, 0.2) is 53.5 Å². The molecule has 6 nitrogen and oxygen atoms in total. The lowest BCUT2D eigenvalue weighted by Crippen LogP contribution is -2.50. The third-order valence-corrected chi connectivity index (χ3v) is 8.09. The van der Waals surface area contributed by atoms with Crippen molar-refractivity contribution in [1.29, 1.82) is 0 Å². The number of hydrogen-bond donors (Lipinski definition) is 1. The van der Waals surface area contributed by atoms with Crippen LogP contribution >= 0.6 is 0 Å². The third kappa shape index (κ3) is 3.63. The number of carbonyl (C=O) groups is 2. The fourth-order valence-electron chi connectivity index (χ4n) is 6.80. The van der Waals surface area contributed by atoms with Gasteiger partial charge in [-0.25, -0.2) is 4.39 Å². The third-order valence-electron chi connectivity index (χ3n) is 8.09. The van der Waals surface area contributed by atoms with Gasteiger partial charge in [-0.3, -0.25) is 19.5 Å². The molecule has 4 fully saturated rings. The van der Waals surface area contributed by atoms with E-state index in [1.54, 1.807) is 30.3 Å². The van der Waals surface area contributed by atoms with Gasteiger partial charge in [-0.15, -0.1) is 0 Å². The minimum atomic E-state index is -1.22. The Balaban J connectivity index is 1.34. The number of carbonyl (C=O) groups excluding carboxylic acids is 2. The molecule has 7 heteroatoms. The van der Waals surface area contributed by atoms with Crippen LogP contribution in [0.25, 0.3) is 0 Å². The summed E-state index contributed by atoms with van der Waals surface area (Å²) in [6.07, 6.45) is 4.66. The number of halogens is 1. The van der Waals surface area contributed by atoms with E-state index in [1.807, 2.05) is 17.0 Å². The van der Waals surface area contributed by atoms with E-state index in [0.717, 1.165) is 31.2 Å². The van der Waals surface area contributed by atoms with Crippen LogP contribution in [0.3, 0.4) is 0 Å². The van der Waals surface area contributed by atoms with Gasteiger partial charge in [-0.2, -0.15) is 0 Å². The van der Waals surface area contributed by atoms with E-state index >= 15 is 0 Å². The number of para-hydroxylation sites is 1. The maximum atomic E-state index is 14.7. The van der Waals surface area contributed by atoms with E-state index in [0.29, 0.717) is 22.9 Å². The molecule has 2 amide bonds. The normalized spacial score (nSPS) is 30.0. The number of benzene rings is 2. The summed E-state index contributed by atoms with van der Waals surface area (Å²) in [6.45, 7) is 0.700. The Labute approximate surface area is 198 Å². The molecule has 3 aliphatic heterocycles. The van der Waals surface area contributed by atoms with Gasteiger partial charge in [0.2, 0.25) is 5.91 Å². The fourth-order valence-corrected chi connectivity index (χ4v) is 6.80. The maximum Gasteiger partial charge on any atom is 0.266 e. The summed E-state index contributed by atoms with van der Waals surface area (Å²) in [5, 5.41) is 0. The number of hydrogen-bond acceptors (Lipinski definition) is 4. The van der Waals surface area contributed by atoms with Gasteiger partial charge in [0, 0.05) is 23.7 Å². The molecule has 3 unspecified atom stereocenters. The Morgan fingerprint density at radius 1 is 0.941 bits per heavy atom. The molecule has 2 aromatic rings.